The molecule has 174 valence electrons. The van der Waals surface area contributed by atoms with Gasteiger partial charge in [-0.1, -0.05) is 42.8 Å². The molecule has 0 heterocycles. The number of anilines is 2. The maximum Gasteiger partial charge on any atom is 0.248 e. The van der Waals surface area contributed by atoms with E-state index >= 15 is 0 Å². The molecule has 0 fully saturated rings. The molecule has 0 bridgehead atoms. The van der Waals surface area contributed by atoms with Crippen LogP contribution in [0.4, 0.5) is 11.4 Å². The number of carbonyl (C=O) groups is 1. The first-order chi connectivity index (χ1) is 15.6. The third-order valence-electron chi connectivity index (χ3n) is 5.25. The topological polar surface area (TPSA) is 75.7 Å². The van der Waals surface area contributed by atoms with Crippen molar-refractivity contribution in [2.24, 2.45) is 0 Å². The van der Waals surface area contributed by atoms with Gasteiger partial charge in [-0.2, -0.15) is 0 Å². The van der Waals surface area contributed by atoms with Crippen LogP contribution in [-0.4, -0.2) is 26.6 Å². The second-order valence-electron chi connectivity index (χ2n) is 7.80. The van der Waals surface area contributed by atoms with Crippen LogP contribution in [0.3, 0.4) is 0 Å². The van der Waals surface area contributed by atoms with Gasteiger partial charge < -0.3 is 10.1 Å². The zero-order valence-corrected chi connectivity index (χ0v) is 20.6. The molecule has 1 unspecified atom stereocenters. The predicted molar refractivity (Wildman–Crippen MR) is 134 cm³/mol. The van der Waals surface area contributed by atoms with E-state index in [-0.39, 0.29) is 6.42 Å². The number of hydrogen-bond acceptors (Lipinski definition) is 4. The summed E-state index contributed by atoms with van der Waals surface area (Å²) < 4.78 is 32.6. The van der Waals surface area contributed by atoms with Crippen molar-refractivity contribution in [1.82, 2.24) is 0 Å². The molecule has 0 aliphatic heterocycles. The molecule has 3 rings (SSSR count). The van der Waals surface area contributed by atoms with Crippen LogP contribution in [0.1, 0.15) is 24.5 Å². The monoisotopic (exact) mass is 486 g/mol. The number of nitrogens with zero attached hydrogens (tertiary/aromatic N) is 1. The van der Waals surface area contributed by atoms with Gasteiger partial charge in [0.1, 0.15) is 11.8 Å². The van der Waals surface area contributed by atoms with E-state index in [2.05, 4.69) is 5.32 Å². The average molecular weight is 487 g/mol. The van der Waals surface area contributed by atoms with E-state index in [9.17, 15) is 13.2 Å². The lowest BCUT2D eigenvalue weighted by atomic mass is 10.1. The average Bonchev–Trinajstić information content (AvgIpc) is 2.75. The van der Waals surface area contributed by atoms with Crippen LogP contribution in [0.25, 0.3) is 0 Å². The fourth-order valence-electron chi connectivity index (χ4n) is 3.44. The van der Waals surface area contributed by atoms with Crippen molar-refractivity contribution in [3.8, 4) is 11.5 Å². The first-order valence-corrected chi connectivity index (χ1v) is 12.7. The van der Waals surface area contributed by atoms with Crippen molar-refractivity contribution >= 4 is 38.9 Å². The lowest BCUT2D eigenvalue weighted by Gasteiger charge is -2.30. The molecule has 0 aliphatic carbocycles. The van der Waals surface area contributed by atoms with Crippen molar-refractivity contribution < 1.29 is 17.9 Å². The Kier molecular flexibility index (Phi) is 7.66. The van der Waals surface area contributed by atoms with Crippen LogP contribution < -0.4 is 14.4 Å². The van der Waals surface area contributed by atoms with Crippen molar-refractivity contribution in [3.63, 3.8) is 0 Å². The van der Waals surface area contributed by atoms with Gasteiger partial charge in [0, 0.05) is 5.02 Å². The molecule has 8 heteroatoms. The number of halogens is 1. The van der Waals surface area contributed by atoms with Crippen LogP contribution in [0, 0.1) is 13.8 Å². The molecule has 6 nitrogen and oxygen atoms in total. The van der Waals surface area contributed by atoms with Gasteiger partial charge in [0.25, 0.3) is 0 Å². The number of carbonyl (C=O) groups excluding carboxylic acids is 1. The van der Waals surface area contributed by atoms with Gasteiger partial charge >= 0.3 is 0 Å². The molecule has 3 aromatic rings. The molecule has 1 N–H and O–H groups in total. The zero-order valence-electron chi connectivity index (χ0n) is 19.0. The smallest absolute Gasteiger partial charge is 0.248 e. The molecule has 33 heavy (non-hydrogen) atoms. The van der Waals surface area contributed by atoms with Gasteiger partial charge in [0.05, 0.1) is 17.6 Å². The summed E-state index contributed by atoms with van der Waals surface area (Å²) in [6, 6.07) is 18.4. The highest BCUT2D eigenvalue weighted by Gasteiger charge is 2.32. The Balaban J connectivity index is 1.95. The second kappa shape index (κ2) is 10.3. The molecular weight excluding hydrogens is 460 g/mol. The van der Waals surface area contributed by atoms with E-state index in [0.29, 0.717) is 27.9 Å². The van der Waals surface area contributed by atoms with Crippen molar-refractivity contribution in [2.75, 3.05) is 15.9 Å². The molecule has 0 aromatic heterocycles. The third kappa shape index (κ3) is 6.06. The van der Waals surface area contributed by atoms with Crippen molar-refractivity contribution in [3.05, 3.63) is 82.9 Å². The summed E-state index contributed by atoms with van der Waals surface area (Å²) in [5.41, 5.74) is 2.76. The molecule has 0 spiro atoms. The fourth-order valence-corrected chi connectivity index (χ4v) is 4.82. The minimum Gasteiger partial charge on any atom is -0.455 e. The van der Waals surface area contributed by atoms with Crippen LogP contribution in [0.15, 0.2) is 66.7 Å². The third-order valence-corrected chi connectivity index (χ3v) is 6.66. The van der Waals surface area contributed by atoms with E-state index < -0.39 is 22.0 Å². The summed E-state index contributed by atoms with van der Waals surface area (Å²) in [5.74, 6) is 0.502. The Morgan fingerprint density at radius 1 is 1.03 bits per heavy atom. The fraction of sp³-hybridized carbons (Fsp3) is 0.240. The Labute approximate surface area is 200 Å². The van der Waals surface area contributed by atoms with E-state index in [0.717, 1.165) is 21.7 Å². The minimum absolute atomic E-state index is 0.265. The molecule has 0 saturated carbocycles. The minimum atomic E-state index is -3.75. The maximum absolute atomic E-state index is 13.4. The summed E-state index contributed by atoms with van der Waals surface area (Å²) in [4.78, 5) is 13.4. The molecular formula is C25H27ClN2O4S. The van der Waals surface area contributed by atoms with Gasteiger partial charge in [0.2, 0.25) is 15.9 Å². The Morgan fingerprint density at radius 2 is 1.73 bits per heavy atom. The van der Waals surface area contributed by atoms with E-state index in [1.54, 1.807) is 49.4 Å². The van der Waals surface area contributed by atoms with E-state index in [4.69, 9.17) is 16.3 Å². The molecule has 0 radical (unpaired) electrons. The molecule has 3 aromatic carbocycles. The van der Waals surface area contributed by atoms with Gasteiger partial charge in [0.15, 0.2) is 5.75 Å². The summed E-state index contributed by atoms with van der Waals surface area (Å²) in [7, 11) is -3.75. The SMILES string of the molecule is CCC(C(=O)Nc1cc(Cl)ccc1Oc1ccccc1)N(c1ccc(C)c(C)c1)S(C)(=O)=O. The predicted octanol–water partition coefficient (Wildman–Crippen LogP) is 5.93. The van der Waals surface area contributed by atoms with Crippen LogP contribution >= 0.6 is 11.6 Å². The van der Waals surface area contributed by atoms with E-state index in [1.807, 2.05) is 38.1 Å². The molecule has 1 atom stereocenters. The van der Waals surface area contributed by atoms with E-state index in [1.165, 1.54) is 0 Å². The van der Waals surface area contributed by atoms with Gasteiger partial charge in [-0.25, -0.2) is 8.42 Å². The normalized spacial score (nSPS) is 12.2. The molecule has 0 saturated heterocycles. The Bertz CT molecular complexity index is 1250. The number of sulfonamides is 1. The number of rotatable bonds is 8. The highest BCUT2D eigenvalue weighted by atomic mass is 35.5. The van der Waals surface area contributed by atoms with Crippen LogP contribution in [0.2, 0.25) is 5.02 Å². The summed E-state index contributed by atoms with van der Waals surface area (Å²) in [6.45, 7) is 5.61. The first kappa shape index (κ1) is 24.6. The summed E-state index contributed by atoms with van der Waals surface area (Å²) in [5, 5.41) is 3.23. The van der Waals surface area contributed by atoms with Gasteiger partial charge in [-0.05, 0) is 73.9 Å². The van der Waals surface area contributed by atoms with Crippen LogP contribution in [0.5, 0.6) is 11.5 Å². The lowest BCUT2D eigenvalue weighted by molar-refractivity contribution is -0.117. The van der Waals surface area contributed by atoms with Gasteiger partial charge in [-0.3, -0.25) is 9.10 Å². The first-order valence-electron chi connectivity index (χ1n) is 10.5. The lowest BCUT2D eigenvalue weighted by Crippen LogP contribution is -2.47. The number of nitrogens with one attached hydrogen (secondary N) is 1. The number of para-hydroxylation sites is 1. The number of hydrogen-bond donors (Lipinski definition) is 1. The van der Waals surface area contributed by atoms with Crippen LogP contribution in [-0.2, 0) is 14.8 Å². The number of aryl methyl sites for hydroxylation is 2. The number of ether oxygens (including phenoxy) is 1. The van der Waals surface area contributed by atoms with Crippen molar-refractivity contribution in [1.29, 1.82) is 0 Å². The maximum atomic E-state index is 13.4. The largest absolute Gasteiger partial charge is 0.455 e. The molecule has 0 aliphatic rings. The highest BCUT2D eigenvalue weighted by molar-refractivity contribution is 7.92. The number of benzene rings is 3. The zero-order chi connectivity index (χ0) is 24.2. The molecule has 1 amide bonds. The highest BCUT2D eigenvalue weighted by Crippen LogP contribution is 2.33. The Morgan fingerprint density at radius 3 is 2.33 bits per heavy atom. The second-order valence-corrected chi connectivity index (χ2v) is 10.1. The number of amides is 1. The standard InChI is InChI=1S/C25H27ClN2O4S/c1-5-23(28(33(4,30)31)20-13-11-17(2)18(3)15-20)25(29)27-22-16-19(26)12-14-24(22)32-21-9-7-6-8-10-21/h6-16,23H,5H2,1-4H3,(H,27,29). The Hall–Kier alpha value is -3.03. The quantitative estimate of drug-likeness (QED) is 0.428. The summed E-state index contributed by atoms with van der Waals surface area (Å²) in [6.07, 6.45) is 1.36. The van der Waals surface area contributed by atoms with Gasteiger partial charge in [-0.15, -0.1) is 0 Å². The van der Waals surface area contributed by atoms with Crippen molar-refractivity contribution in [2.45, 2.75) is 33.2 Å². The summed E-state index contributed by atoms with van der Waals surface area (Å²) >= 11 is 6.17.